The van der Waals surface area contributed by atoms with Gasteiger partial charge < -0.3 is 10.9 Å². The largest absolute Gasteiger partial charge is 0.416 e. The summed E-state index contributed by atoms with van der Waals surface area (Å²) < 4.78 is 75.0. The Morgan fingerprint density at radius 2 is 1.42 bits per heavy atom. The lowest BCUT2D eigenvalue weighted by atomic mass is 10.0. The van der Waals surface area contributed by atoms with Crippen molar-refractivity contribution in [1.82, 2.24) is 0 Å². The van der Waals surface area contributed by atoms with Gasteiger partial charge in [-0.05, 0) is 23.8 Å². The van der Waals surface area contributed by atoms with Gasteiger partial charge in [0.1, 0.15) is 0 Å². The minimum Gasteiger partial charge on any atom is -0.411 e. The quantitative estimate of drug-likeness (QED) is 0.379. The molecule has 0 radical (unpaired) electrons. The van der Waals surface area contributed by atoms with Gasteiger partial charge in [0.15, 0.2) is 0 Å². The van der Waals surface area contributed by atoms with Crippen LogP contribution in [-0.4, -0.2) is 11.4 Å². The fourth-order valence-electron chi connectivity index (χ4n) is 1.33. The van der Waals surface area contributed by atoms with E-state index >= 15 is 0 Å². The van der Waals surface area contributed by atoms with Gasteiger partial charge in [0, 0.05) is 0 Å². The van der Waals surface area contributed by atoms with Crippen LogP contribution < -0.4 is 5.73 Å². The Hall–Kier alpha value is -1.77. The van der Waals surface area contributed by atoms with Crippen LogP contribution in [0.3, 0.4) is 0 Å². The second kappa shape index (κ2) is 5.08. The molecule has 0 aliphatic heterocycles. The van der Waals surface area contributed by atoms with Crippen LogP contribution in [0.4, 0.5) is 26.3 Å². The van der Waals surface area contributed by atoms with Crippen molar-refractivity contribution in [2.75, 3.05) is 0 Å². The zero-order valence-corrected chi connectivity index (χ0v) is 9.13. The molecule has 3 nitrogen and oxygen atoms in total. The topological polar surface area (TPSA) is 58.6 Å². The normalized spacial score (nSPS) is 14.9. The van der Waals surface area contributed by atoms with Crippen molar-refractivity contribution in [2.45, 2.75) is 18.4 Å². The van der Waals surface area contributed by atoms with Crippen molar-refractivity contribution in [3.05, 3.63) is 34.9 Å². The molecule has 1 rings (SSSR count). The number of rotatable bonds is 2. The van der Waals surface area contributed by atoms with Gasteiger partial charge >= 0.3 is 12.4 Å². The average Bonchev–Trinajstić information content (AvgIpc) is 2.26. The molecule has 19 heavy (non-hydrogen) atoms. The maximum absolute atomic E-state index is 12.5. The summed E-state index contributed by atoms with van der Waals surface area (Å²) in [5.41, 5.74) is 1.88. The Morgan fingerprint density at radius 1 is 1.00 bits per heavy atom. The van der Waals surface area contributed by atoms with Gasteiger partial charge in [0.2, 0.25) is 0 Å². The Balaban J connectivity index is 3.41. The van der Waals surface area contributed by atoms with Crippen molar-refractivity contribution in [3.8, 4) is 0 Å². The Kier molecular flexibility index (Phi) is 4.09. The van der Waals surface area contributed by atoms with E-state index in [1.807, 2.05) is 0 Å². The standard InChI is InChI=1S/C10H8F6N2O/c11-9(12,13)6-1-5(8(17)4-18-19)2-7(3-6)10(14,15)16/h1-4,8,19H,17H2/b18-4-/t8-/m1/s1. The SMILES string of the molecule is N[C@H](/C=N\O)c1cc(C(F)(F)F)cc(C(F)(F)F)c1. The summed E-state index contributed by atoms with van der Waals surface area (Å²) in [5, 5.41) is 10.7. The van der Waals surface area contributed by atoms with E-state index in [-0.39, 0.29) is 6.07 Å². The lowest BCUT2D eigenvalue weighted by Gasteiger charge is -2.15. The zero-order chi connectivity index (χ0) is 14.8. The molecule has 0 aliphatic rings. The van der Waals surface area contributed by atoms with Gasteiger partial charge in [-0.1, -0.05) is 0 Å². The predicted molar refractivity (Wildman–Crippen MR) is 53.7 cm³/mol. The van der Waals surface area contributed by atoms with Crippen LogP contribution in [0.15, 0.2) is 23.4 Å². The highest BCUT2D eigenvalue weighted by Crippen LogP contribution is 2.37. The lowest BCUT2D eigenvalue weighted by molar-refractivity contribution is -0.143. The Morgan fingerprint density at radius 3 is 1.74 bits per heavy atom. The number of nitrogens with zero attached hydrogens (tertiary/aromatic N) is 1. The third-order valence-corrected chi connectivity index (χ3v) is 2.22. The molecule has 9 heteroatoms. The third kappa shape index (κ3) is 3.85. The molecular weight excluding hydrogens is 278 g/mol. The summed E-state index contributed by atoms with van der Waals surface area (Å²) in [6, 6.07) is -0.441. The van der Waals surface area contributed by atoms with Crippen molar-refractivity contribution in [1.29, 1.82) is 0 Å². The molecule has 0 aliphatic carbocycles. The van der Waals surface area contributed by atoms with E-state index in [1.165, 1.54) is 0 Å². The monoisotopic (exact) mass is 286 g/mol. The van der Waals surface area contributed by atoms with Gasteiger partial charge in [-0.3, -0.25) is 0 Å². The summed E-state index contributed by atoms with van der Waals surface area (Å²) in [6.45, 7) is 0. The van der Waals surface area contributed by atoms with Crippen LogP contribution in [0.25, 0.3) is 0 Å². The van der Waals surface area contributed by atoms with E-state index < -0.39 is 35.1 Å². The van der Waals surface area contributed by atoms with E-state index in [9.17, 15) is 26.3 Å². The lowest BCUT2D eigenvalue weighted by Crippen LogP contribution is -2.17. The first kappa shape index (κ1) is 15.3. The summed E-state index contributed by atoms with van der Waals surface area (Å²) in [6.07, 6.45) is -9.26. The molecular formula is C10H8F6N2O. The first-order valence-corrected chi connectivity index (χ1v) is 4.78. The van der Waals surface area contributed by atoms with Crippen molar-refractivity contribution >= 4 is 6.21 Å². The summed E-state index contributed by atoms with van der Waals surface area (Å²) in [4.78, 5) is 0. The number of halogens is 6. The first-order valence-electron chi connectivity index (χ1n) is 4.78. The molecule has 1 aromatic carbocycles. The molecule has 106 valence electrons. The molecule has 0 saturated heterocycles. The van der Waals surface area contributed by atoms with Crippen LogP contribution >= 0.6 is 0 Å². The highest BCUT2D eigenvalue weighted by atomic mass is 19.4. The highest BCUT2D eigenvalue weighted by molar-refractivity contribution is 5.66. The Labute approximate surface area is 103 Å². The van der Waals surface area contributed by atoms with E-state index in [4.69, 9.17) is 10.9 Å². The van der Waals surface area contributed by atoms with Gasteiger partial charge in [0.25, 0.3) is 0 Å². The van der Waals surface area contributed by atoms with Gasteiger partial charge in [-0.2, -0.15) is 26.3 Å². The maximum Gasteiger partial charge on any atom is 0.416 e. The van der Waals surface area contributed by atoms with Gasteiger partial charge in [-0.15, -0.1) is 5.16 Å². The molecule has 0 saturated carbocycles. The molecule has 0 unspecified atom stereocenters. The second-order valence-electron chi connectivity index (χ2n) is 3.63. The number of hydrogen-bond acceptors (Lipinski definition) is 3. The minimum atomic E-state index is -4.94. The maximum atomic E-state index is 12.5. The molecule has 1 atom stereocenters. The van der Waals surface area contributed by atoms with Crippen LogP contribution in [0.5, 0.6) is 0 Å². The van der Waals surface area contributed by atoms with Gasteiger partial charge in [-0.25, -0.2) is 0 Å². The van der Waals surface area contributed by atoms with Gasteiger partial charge in [0.05, 0.1) is 23.4 Å². The molecule has 0 bridgehead atoms. The van der Waals surface area contributed by atoms with Crippen molar-refractivity contribution in [2.24, 2.45) is 10.9 Å². The summed E-state index contributed by atoms with van der Waals surface area (Å²) in [5.74, 6) is 0. The minimum absolute atomic E-state index is 0.00763. The second-order valence-corrected chi connectivity index (χ2v) is 3.63. The molecule has 3 N–H and O–H groups in total. The molecule has 0 aromatic heterocycles. The summed E-state index contributed by atoms with van der Waals surface area (Å²) in [7, 11) is 0. The number of benzene rings is 1. The molecule has 0 spiro atoms. The van der Waals surface area contributed by atoms with Crippen molar-refractivity contribution < 1.29 is 31.5 Å². The molecule has 0 amide bonds. The van der Waals surface area contributed by atoms with E-state index in [2.05, 4.69) is 5.16 Å². The smallest absolute Gasteiger partial charge is 0.411 e. The molecule has 0 heterocycles. The number of oxime groups is 1. The van der Waals surface area contributed by atoms with Crippen LogP contribution in [0.2, 0.25) is 0 Å². The highest BCUT2D eigenvalue weighted by Gasteiger charge is 2.37. The van der Waals surface area contributed by atoms with Crippen LogP contribution in [-0.2, 0) is 12.4 Å². The number of nitrogens with two attached hydrogens (primary N) is 1. The fourth-order valence-corrected chi connectivity index (χ4v) is 1.33. The van der Waals surface area contributed by atoms with E-state index in [0.717, 1.165) is 0 Å². The Bertz CT molecular complexity index is 448. The average molecular weight is 286 g/mol. The van der Waals surface area contributed by atoms with E-state index in [1.54, 1.807) is 0 Å². The fraction of sp³-hybridized carbons (Fsp3) is 0.300. The summed E-state index contributed by atoms with van der Waals surface area (Å²) >= 11 is 0. The van der Waals surface area contributed by atoms with E-state index in [0.29, 0.717) is 18.3 Å². The molecule has 1 aromatic rings. The predicted octanol–water partition coefficient (Wildman–Crippen LogP) is 3.18. The van der Waals surface area contributed by atoms with Crippen molar-refractivity contribution in [3.63, 3.8) is 0 Å². The molecule has 0 fully saturated rings. The van der Waals surface area contributed by atoms with Crippen LogP contribution in [0.1, 0.15) is 22.7 Å². The van der Waals surface area contributed by atoms with Crippen LogP contribution in [0, 0.1) is 0 Å². The first-order chi connectivity index (χ1) is 8.55. The zero-order valence-electron chi connectivity index (χ0n) is 9.13. The third-order valence-electron chi connectivity index (χ3n) is 2.22. The number of alkyl halides is 6. The number of hydrogen-bond donors (Lipinski definition) is 2.